The van der Waals surface area contributed by atoms with Gasteiger partial charge in [0.15, 0.2) is 12.6 Å². The van der Waals surface area contributed by atoms with Crippen molar-refractivity contribution in [2.75, 3.05) is 13.2 Å². The number of guanidine groups is 1. The molecule has 0 radical (unpaired) electrons. The number of ether oxygens (including phenoxy) is 1. The fourth-order valence-corrected chi connectivity index (χ4v) is 1.50. The van der Waals surface area contributed by atoms with E-state index in [4.69, 9.17) is 10.5 Å². The minimum absolute atomic E-state index is 0.161. The van der Waals surface area contributed by atoms with Crippen LogP contribution in [0.2, 0.25) is 0 Å². The van der Waals surface area contributed by atoms with Gasteiger partial charge in [0, 0.05) is 18.8 Å². The van der Waals surface area contributed by atoms with Crippen molar-refractivity contribution in [3.05, 3.63) is 23.9 Å². The van der Waals surface area contributed by atoms with Crippen LogP contribution in [0.3, 0.4) is 0 Å². The number of hydrogen-bond acceptors (Lipinski definition) is 3. The Morgan fingerprint density at radius 2 is 2.24 bits per heavy atom. The Bertz CT molecular complexity index is 452. The molecule has 21 heavy (non-hydrogen) atoms. The van der Waals surface area contributed by atoms with E-state index >= 15 is 0 Å². The lowest BCUT2D eigenvalue weighted by Gasteiger charge is -2.08. The molecule has 0 unspecified atom stereocenters. The number of rotatable bonds is 8. The van der Waals surface area contributed by atoms with Crippen LogP contribution in [-0.4, -0.2) is 30.5 Å². The molecule has 5 nitrogen and oxygen atoms in total. The number of pyridine rings is 1. The van der Waals surface area contributed by atoms with E-state index in [0.29, 0.717) is 18.4 Å². The van der Waals surface area contributed by atoms with Gasteiger partial charge in [0.25, 0.3) is 6.43 Å². The number of hydrogen-bond donors (Lipinski definition) is 2. The molecule has 0 spiro atoms. The molecule has 0 saturated carbocycles. The molecule has 0 aliphatic rings. The summed E-state index contributed by atoms with van der Waals surface area (Å²) in [5.74, 6) is 1.12. The lowest BCUT2D eigenvalue weighted by atomic mass is 10.1. The minimum atomic E-state index is -2.52. The van der Waals surface area contributed by atoms with Gasteiger partial charge in [-0.15, -0.1) is 0 Å². The standard InChI is InChI=1S/C14H22F2N4O/c1-10(2)3-5-19-14(17)20-8-11-4-6-18-13(7-11)21-9-12(15)16/h4,6-7,10,12H,3,5,8-9H2,1-2H3,(H3,17,19,20). The first-order valence-corrected chi connectivity index (χ1v) is 6.87. The van der Waals surface area contributed by atoms with E-state index in [9.17, 15) is 8.78 Å². The van der Waals surface area contributed by atoms with E-state index in [1.54, 1.807) is 12.1 Å². The third-order valence-corrected chi connectivity index (χ3v) is 2.62. The van der Waals surface area contributed by atoms with Gasteiger partial charge >= 0.3 is 0 Å². The van der Waals surface area contributed by atoms with Gasteiger partial charge in [-0.1, -0.05) is 13.8 Å². The lowest BCUT2D eigenvalue weighted by molar-refractivity contribution is 0.0795. The topological polar surface area (TPSA) is 72.5 Å². The summed E-state index contributed by atoms with van der Waals surface area (Å²) in [7, 11) is 0. The molecule has 0 fully saturated rings. The van der Waals surface area contributed by atoms with Crippen molar-refractivity contribution in [2.24, 2.45) is 16.6 Å². The van der Waals surface area contributed by atoms with Gasteiger partial charge in [0.1, 0.15) is 0 Å². The smallest absolute Gasteiger partial charge is 0.272 e. The van der Waals surface area contributed by atoms with Gasteiger partial charge in [0.2, 0.25) is 5.88 Å². The van der Waals surface area contributed by atoms with Crippen molar-refractivity contribution in [3.8, 4) is 5.88 Å². The monoisotopic (exact) mass is 300 g/mol. The average Bonchev–Trinajstić information content (AvgIpc) is 2.43. The predicted molar refractivity (Wildman–Crippen MR) is 78.5 cm³/mol. The van der Waals surface area contributed by atoms with Crippen LogP contribution in [0.15, 0.2) is 23.3 Å². The Kier molecular flexibility index (Phi) is 7.42. The van der Waals surface area contributed by atoms with Crippen LogP contribution in [0.4, 0.5) is 8.78 Å². The zero-order valence-electron chi connectivity index (χ0n) is 12.4. The molecule has 0 saturated heterocycles. The first-order chi connectivity index (χ1) is 9.97. The first kappa shape index (κ1) is 17.1. The maximum Gasteiger partial charge on any atom is 0.272 e. The van der Waals surface area contributed by atoms with E-state index in [1.165, 1.54) is 6.20 Å². The third kappa shape index (κ3) is 8.06. The second-order valence-electron chi connectivity index (χ2n) is 5.02. The largest absolute Gasteiger partial charge is 0.472 e. The van der Waals surface area contributed by atoms with Crippen LogP contribution < -0.4 is 15.8 Å². The quantitative estimate of drug-likeness (QED) is 0.570. The van der Waals surface area contributed by atoms with Gasteiger partial charge in [-0.25, -0.2) is 18.8 Å². The Morgan fingerprint density at radius 3 is 2.90 bits per heavy atom. The molecule has 1 heterocycles. The highest BCUT2D eigenvalue weighted by Gasteiger charge is 2.05. The molecular weight excluding hydrogens is 278 g/mol. The SMILES string of the molecule is CC(C)CCNC(N)=NCc1ccnc(OCC(F)F)c1. The molecule has 0 amide bonds. The summed E-state index contributed by atoms with van der Waals surface area (Å²) in [5.41, 5.74) is 6.53. The second-order valence-corrected chi connectivity index (χ2v) is 5.02. The predicted octanol–water partition coefficient (Wildman–Crippen LogP) is 2.18. The highest BCUT2D eigenvalue weighted by Crippen LogP contribution is 2.11. The fourth-order valence-electron chi connectivity index (χ4n) is 1.50. The zero-order chi connectivity index (χ0) is 15.7. The number of nitrogens with two attached hydrogens (primary N) is 1. The van der Waals surface area contributed by atoms with Crippen molar-refractivity contribution in [1.82, 2.24) is 10.3 Å². The summed E-state index contributed by atoms with van der Waals surface area (Å²) in [5, 5.41) is 3.02. The summed E-state index contributed by atoms with van der Waals surface area (Å²) < 4.78 is 29.0. The molecule has 1 aromatic heterocycles. The van der Waals surface area contributed by atoms with E-state index in [1.807, 2.05) is 0 Å². The van der Waals surface area contributed by atoms with Crippen molar-refractivity contribution in [2.45, 2.75) is 33.2 Å². The van der Waals surface area contributed by atoms with Crippen LogP contribution in [0.25, 0.3) is 0 Å². The second kappa shape index (κ2) is 9.10. The van der Waals surface area contributed by atoms with Gasteiger partial charge in [-0.05, 0) is 24.0 Å². The van der Waals surface area contributed by atoms with Crippen molar-refractivity contribution >= 4 is 5.96 Å². The Hall–Kier alpha value is -1.92. The Balaban J connectivity index is 2.45. The molecule has 1 aromatic rings. The van der Waals surface area contributed by atoms with Crippen LogP contribution in [0, 0.1) is 5.92 Å². The Morgan fingerprint density at radius 1 is 1.48 bits per heavy atom. The normalized spacial score (nSPS) is 12.0. The molecule has 1 rings (SSSR count). The molecule has 0 bridgehead atoms. The summed E-state index contributed by atoms with van der Waals surface area (Å²) in [6.45, 7) is 4.71. The number of nitrogens with zero attached hydrogens (tertiary/aromatic N) is 2. The third-order valence-electron chi connectivity index (χ3n) is 2.62. The summed E-state index contributed by atoms with van der Waals surface area (Å²) in [6.07, 6.45) is -0.0141. The highest BCUT2D eigenvalue weighted by atomic mass is 19.3. The first-order valence-electron chi connectivity index (χ1n) is 6.87. The number of alkyl halides is 2. The van der Waals surface area contributed by atoms with E-state index in [2.05, 4.69) is 29.1 Å². The van der Waals surface area contributed by atoms with Gasteiger partial charge in [-0.2, -0.15) is 0 Å². The summed E-state index contributed by atoms with van der Waals surface area (Å²) in [4.78, 5) is 8.04. The van der Waals surface area contributed by atoms with Crippen LogP contribution in [0.1, 0.15) is 25.8 Å². The van der Waals surface area contributed by atoms with Crippen LogP contribution >= 0.6 is 0 Å². The average molecular weight is 300 g/mol. The van der Waals surface area contributed by atoms with E-state index in [0.717, 1.165) is 18.5 Å². The zero-order valence-corrected chi connectivity index (χ0v) is 12.4. The fraction of sp³-hybridized carbons (Fsp3) is 0.571. The molecular formula is C14H22F2N4O. The Labute approximate surface area is 123 Å². The van der Waals surface area contributed by atoms with Gasteiger partial charge in [-0.3, -0.25) is 0 Å². The maximum atomic E-state index is 12.1. The van der Waals surface area contributed by atoms with Gasteiger partial charge in [0.05, 0.1) is 6.54 Å². The highest BCUT2D eigenvalue weighted by molar-refractivity contribution is 5.77. The molecule has 0 atom stereocenters. The molecule has 7 heteroatoms. The van der Waals surface area contributed by atoms with Crippen molar-refractivity contribution < 1.29 is 13.5 Å². The molecule has 3 N–H and O–H groups in total. The summed E-state index contributed by atoms with van der Waals surface area (Å²) >= 11 is 0. The minimum Gasteiger partial charge on any atom is -0.472 e. The number of aliphatic imine (C=N–C) groups is 1. The van der Waals surface area contributed by atoms with Crippen LogP contribution in [-0.2, 0) is 6.54 Å². The molecule has 0 aliphatic carbocycles. The van der Waals surface area contributed by atoms with Crippen LogP contribution in [0.5, 0.6) is 5.88 Å². The molecule has 118 valence electrons. The number of halogens is 2. The number of aromatic nitrogens is 1. The molecule has 0 aromatic carbocycles. The number of nitrogens with one attached hydrogen (secondary N) is 1. The van der Waals surface area contributed by atoms with E-state index < -0.39 is 13.0 Å². The maximum absolute atomic E-state index is 12.1. The lowest BCUT2D eigenvalue weighted by Crippen LogP contribution is -2.32. The van der Waals surface area contributed by atoms with Crippen molar-refractivity contribution in [1.29, 1.82) is 0 Å². The summed E-state index contributed by atoms with van der Waals surface area (Å²) in [6, 6.07) is 3.31. The molecule has 0 aliphatic heterocycles. The van der Waals surface area contributed by atoms with Gasteiger partial charge < -0.3 is 15.8 Å². The van der Waals surface area contributed by atoms with Crippen molar-refractivity contribution in [3.63, 3.8) is 0 Å². The van der Waals surface area contributed by atoms with E-state index in [-0.39, 0.29) is 5.88 Å².